The molecule has 0 aromatic heterocycles. The van der Waals surface area contributed by atoms with E-state index in [1.54, 1.807) is 0 Å². The van der Waals surface area contributed by atoms with Crippen LogP contribution in [0.15, 0.2) is 24.3 Å². The zero-order valence-electron chi connectivity index (χ0n) is 13.0. The van der Waals surface area contributed by atoms with Gasteiger partial charge in [0, 0.05) is 37.8 Å². The number of morpholine rings is 1. The minimum absolute atomic E-state index is 0.135. The molecule has 1 aromatic rings. The summed E-state index contributed by atoms with van der Waals surface area (Å²) in [7, 11) is 0. The largest absolute Gasteiger partial charge is 0.378 e. The van der Waals surface area contributed by atoms with Crippen molar-refractivity contribution in [3.05, 3.63) is 29.8 Å². The van der Waals surface area contributed by atoms with Gasteiger partial charge in [-0.2, -0.15) is 0 Å². The molecule has 1 aromatic carbocycles. The summed E-state index contributed by atoms with van der Waals surface area (Å²) in [6, 6.07) is 8.67. The number of ether oxygens (including phenoxy) is 1. The smallest absolute Gasteiger partial charge is 0.221 e. The maximum Gasteiger partial charge on any atom is 0.221 e. The second-order valence-corrected chi connectivity index (χ2v) is 6.00. The molecule has 5 nitrogen and oxygen atoms in total. The fourth-order valence-electron chi connectivity index (χ4n) is 3.19. The maximum atomic E-state index is 12.1. The number of para-hydroxylation sites is 1. The molecule has 2 heterocycles. The van der Waals surface area contributed by atoms with E-state index in [2.05, 4.69) is 33.7 Å². The molecule has 2 saturated heterocycles. The van der Waals surface area contributed by atoms with Gasteiger partial charge in [-0.15, -0.1) is 0 Å². The van der Waals surface area contributed by atoms with Gasteiger partial charge in [0.1, 0.15) is 0 Å². The van der Waals surface area contributed by atoms with Crippen molar-refractivity contribution >= 4 is 11.6 Å². The first-order chi connectivity index (χ1) is 10.8. The molecule has 120 valence electrons. The van der Waals surface area contributed by atoms with Crippen LogP contribution in [-0.2, 0) is 16.1 Å². The zero-order valence-corrected chi connectivity index (χ0v) is 13.0. The molecule has 1 amide bonds. The van der Waals surface area contributed by atoms with E-state index in [-0.39, 0.29) is 5.91 Å². The third-order valence-corrected chi connectivity index (χ3v) is 4.41. The Labute approximate surface area is 132 Å². The van der Waals surface area contributed by atoms with E-state index < -0.39 is 0 Å². The number of amides is 1. The normalized spacial score (nSPS) is 21.8. The summed E-state index contributed by atoms with van der Waals surface area (Å²) in [5.74, 6) is 0.135. The van der Waals surface area contributed by atoms with Crippen molar-refractivity contribution in [3.63, 3.8) is 0 Å². The lowest BCUT2D eigenvalue weighted by atomic mass is 10.1. The number of nitrogens with one attached hydrogen (secondary N) is 2. The van der Waals surface area contributed by atoms with Gasteiger partial charge in [-0.25, -0.2) is 0 Å². The molecule has 1 atom stereocenters. The highest BCUT2D eigenvalue weighted by atomic mass is 16.5. The second-order valence-electron chi connectivity index (χ2n) is 6.00. The van der Waals surface area contributed by atoms with Crippen molar-refractivity contribution in [2.24, 2.45) is 0 Å². The van der Waals surface area contributed by atoms with Crippen molar-refractivity contribution < 1.29 is 9.53 Å². The van der Waals surface area contributed by atoms with Gasteiger partial charge >= 0.3 is 0 Å². The Morgan fingerprint density at radius 3 is 2.91 bits per heavy atom. The maximum absolute atomic E-state index is 12.1. The zero-order chi connectivity index (χ0) is 15.2. The Balaban J connectivity index is 1.56. The number of hydrogen-bond acceptors (Lipinski definition) is 4. The van der Waals surface area contributed by atoms with Crippen molar-refractivity contribution in [2.45, 2.75) is 31.8 Å². The SMILES string of the molecule is O=C(CC1CCCN1)NCc1ccccc1N1CCOCC1. The fraction of sp³-hybridized carbons (Fsp3) is 0.588. The average Bonchev–Trinajstić information content (AvgIpc) is 3.07. The Morgan fingerprint density at radius 2 is 2.14 bits per heavy atom. The summed E-state index contributed by atoms with van der Waals surface area (Å²) in [5, 5.41) is 6.43. The van der Waals surface area contributed by atoms with Gasteiger partial charge in [-0.1, -0.05) is 18.2 Å². The summed E-state index contributed by atoms with van der Waals surface area (Å²) in [6.07, 6.45) is 2.87. The minimum Gasteiger partial charge on any atom is -0.378 e. The molecule has 2 aliphatic rings. The van der Waals surface area contributed by atoms with Crippen molar-refractivity contribution in [1.82, 2.24) is 10.6 Å². The van der Waals surface area contributed by atoms with E-state index in [1.165, 1.54) is 17.7 Å². The Kier molecular flexibility index (Phi) is 5.29. The quantitative estimate of drug-likeness (QED) is 0.860. The average molecular weight is 303 g/mol. The number of nitrogens with zero attached hydrogens (tertiary/aromatic N) is 1. The molecule has 0 radical (unpaired) electrons. The van der Waals surface area contributed by atoms with E-state index in [0.717, 1.165) is 39.3 Å². The fourth-order valence-corrected chi connectivity index (χ4v) is 3.19. The molecule has 2 aliphatic heterocycles. The van der Waals surface area contributed by atoms with Crippen molar-refractivity contribution in [2.75, 3.05) is 37.7 Å². The molecule has 3 rings (SSSR count). The highest BCUT2D eigenvalue weighted by Crippen LogP contribution is 2.21. The van der Waals surface area contributed by atoms with Crippen LogP contribution in [0.3, 0.4) is 0 Å². The predicted molar refractivity (Wildman–Crippen MR) is 87.0 cm³/mol. The molecule has 0 saturated carbocycles. The highest BCUT2D eigenvalue weighted by molar-refractivity contribution is 5.76. The molecule has 2 N–H and O–H groups in total. The number of carbonyl (C=O) groups is 1. The van der Waals surface area contributed by atoms with E-state index in [4.69, 9.17) is 4.74 Å². The second kappa shape index (κ2) is 7.61. The van der Waals surface area contributed by atoms with E-state index in [0.29, 0.717) is 19.0 Å². The Hall–Kier alpha value is -1.59. The molecule has 1 unspecified atom stereocenters. The standard InChI is InChI=1S/C17H25N3O2/c21-17(12-15-5-3-7-18-15)19-13-14-4-1-2-6-16(14)20-8-10-22-11-9-20/h1-2,4,6,15,18H,3,5,7-13H2,(H,19,21). The van der Waals surface area contributed by atoms with E-state index in [1.807, 2.05) is 6.07 Å². The predicted octanol–water partition coefficient (Wildman–Crippen LogP) is 1.28. The monoisotopic (exact) mass is 303 g/mol. The van der Waals surface area contributed by atoms with Crippen LogP contribution in [0.1, 0.15) is 24.8 Å². The van der Waals surface area contributed by atoms with E-state index in [9.17, 15) is 4.79 Å². The number of rotatable bonds is 5. The van der Waals surface area contributed by atoms with Gasteiger partial charge in [0.2, 0.25) is 5.91 Å². The molecular weight excluding hydrogens is 278 g/mol. The van der Waals surface area contributed by atoms with Gasteiger partial charge in [-0.3, -0.25) is 4.79 Å². The van der Waals surface area contributed by atoms with Crippen molar-refractivity contribution in [3.8, 4) is 0 Å². The first-order valence-corrected chi connectivity index (χ1v) is 8.23. The van der Waals surface area contributed by atoms with Crippen LogP contribution < -0.4 is 15.5 Å². The molecule has 0 spiro atoms. The molecule has 0 bridgehead atoms. The van der Waals surface area contributed by atoms with Crippen molar-refractivity contribution in [1.29, 1.82) is 0 Å². The van der Waals surface area contributed by atoms with Crippen LogP contribution in [0.2, 0.25) is 0 Å². The highest BCUT2D eigenvalue weighted by Gasteiger charge is 2.18. The topological polar surface area (TPSA) is 53.6 Å². The van der Waals surface area contributed by atoms with Crippen LogP contribution in [0.5, 0.6) is 0 Å². The summed E-state index contributed by atoms with van der Waals surface area (Å²) < 4.78 is 5.42. The minimum atomic E-state index is 0.135. The third kappa shape index (κ3) is 3.99. The number of benzene rings is 1. The van der Waals surface area contributed by atoms with Crippen LogP contribution in [-0.4, -0.2) is 44.8 Å². The number of hydrogen-bond donors (Lipinski definition) is 2. The lowest BCUT2D eigenvalue weighted by Gasteiger charge is -2.30. The Morgan fingerprint density at radius 1 is 1.32 bits per heavy atom. The van der Waals surface area contributed by atoms with Gasteiger partial charge in [0.25, 0.3) is 0 Å². The molecule has 0 aliphatic carbocycles. The van der Waals surface area contributed by atoms with Gasteiger partial charge in [0.05, 0.1) is 13.2 Å². The lowest BCUT2D eigenvalue weighted by molar-refractivity contribution is -0.121. The molecular formula is C17H25N3O2. The van der Waals surface area contributed by atoms with Gasteiger partial charge < -0.3 is 20.3 Å². The van der Waals surface area contributed by atoms with Gasteiger partial charge in [-0.05, 0) is 31.0 Å². The number of carbonyl (C=O) groups excluding carboxylic acids is 1. The molecule has 22 heavy (non-hydrogen) atoms. The first kappa shape index (κ1) is 15.3. The summed E-state index contributed by atoms with van der Waals surface area (Å²) in [6.45, 7) is 5.01. The third-order valence-electron chi connectivity index (χ3n) is 4.41. The summed E-state index contributed by atoms with van der Waals surface area (Å²) in [4.78, 5) is 14.4. The van der Waals surface area contributed by atoms with Crippen LogP contribution in [0.4, 0.5) is 5.69 Å². The molecule has 5 heteroatoms. The lowest BCUT2D eigenvalue weighted by Crippen LogP contribution is -2.37. The Bertz CT molecular complexity index is 494. The number of anilines is 1. The van der Waals surface area contributed by atoms with Crippen LogP contribution >= 0.6 is 0 Å². The summed E-state index contributed by atoms with van der Waals surface area (Å²) in [5.41, 5.74) is 2.39. The molecule has 2 fully saturated rings. The van der Waals surface area contributed by atoms with E-state index >= 15 is 0 Å². The van der Waals surface area contributed by atoms with Crippen LogP contribution in [0, 0.1) is 0 Å². The van der Waals surface area contributed by atoms with Crippen LogP contribution in [0.25, 0.3) is 0 Å². The summed E-state index contributed by atoms with van der Waals surface area (Å²) >= 11 is 0. The first-order valence-electron chi connectivity index (χ1n) is 8.23. The van der Waals surface area contributed by atoms with Gasteiger partial charge in [0.15, 0.2) is 0 Å².